The zero-order valence-corrected chi connectivity index (χ0v) is 16.3. The van der Waals surface area contributed by atoms with Gasteiger partial charge in [-0.15, -0.1) is 0 Å². The van der Waals surface area contributed by atoms with Crippen LogP contribution in [-0.2, 0) is 6.42 Å². The van der Waals surface area contributed by atoms with Crippen LogP contribution in [-0.4, -0.2) is 48.7 Å². The van der Waals surface area contributed by atoms with Gasteiger partial charge in [-0.25, -0.2) is 13.8 Å². The molecule has 0 spiro atoms. The smallest absolute Gasteiger partial charge is 0.191 e. The maximum atomic E-state index is 14.0. The van der Waals surface area contributed by atoms with Gasteiger partial charge in [-0.2, -0.15) is 0 Å². The molecule has 1 atom stereocenters. The van der Waals surface area contributed by atoms with Crippen molar-refractivity contribution in [2.75, 3.05) is 31.6 Å². The predicted octanol–water partition coefficient (Wildman–Crippen LogP) is 2.83. The number of aromatic nitrogens is 2. The van der Waals surface area contributed by atoms with Crippen molar-refractivity contribution >= 4 is 22.7 Å². The monoisotopic (exact) mass is 398 g/mol. The molecule has 3 N–H and O–H groups in total. The van der Waals surface area contributed by atoms with Gasteiger partial charge in [0.1, 0.15) is 23.1 Å². The fourth-order valence-corrected chi connectivity index (χ4v) is 3.68. The number of para-hydroxylation sites is 3. The van der Waals surface area contributed by atoms with E-state index in [4.69, 9.17) is 0 Å². The Balaban J connectivity index is 1.29. The SMILES string of the molecule is CN=C(NCCc1nc2ccccc2[nH]1)NC1CCN(c2c(F)cccc2F)C1. The van der Waals surface area contributed by atoms with Crippen molar-refractivity contribution in [1.29, 1.82) is 0 Å². The molecule has 1 aliphatic rings. The van der Waals surface area contributed by atoms with Crippen LogP contribution in [0, 0.1) is 11.6 Å². The van der Waals surface area contributed by atoms with E-state index in [1.807, 2.05) is 24.3 Å². The van der Waals surface area contributed by atoms with Crippen molar-refractivity contribution in [3.05, 3.63) is 59.9 Å². The number of guanidine groups is 1. The number of imidazole rings is 1. The number of H-pyrrole nitrogens is 1. The number of benzene rings is 2. The van der Waals surface area contributed by atoms with Gasteiger partial charge < -0.3 is 20.5 Å². The number of aliphatic imine (C=N–C) groups is 1. The molecule has 4 rings (SSSR count). The van der Waals surface area contributed by atoms with Crippen molar-refractivity contribution in [3.63, 3.8) is 0 Å². The van der Waals surface area contributed by atoms with Gasteiger partial charge in [0.2, 0.25) is 0 Å². The Morgan fingerprint density at radius 2 is 2.00 bits per heavy atom. The first kappa shape index (κ1) is 19.2. The molecule has 1 fully saturated rings. The zero-order valence-electron chi connectivity index (χ0n) is 16.3. The second-order valence-corrected chi connectivity index (χ2v) is 7.10. The summed E-state index contributed by atoms with van der Waals surface area (Å²) in [5.41, 5.74) is 2.03. The molecular weight excluding hydrogens is 374 g/mol. The minimum Gasteiger partial charge on any atom is -0.365 e. The average molecular weight is 398 g/mol. The molecule has 6 nitrogen and oxygen atoms in total. The number of anilines is 1. The largest absolute Gasteiger partial charge is 0.365 e. The third kappa shape index (κ3) is 4.31. The van der Waals surface area contributed by atoms with Gasteiger partial charge >= 0.3 is 0 Å². The Morgan fingerprint density at radius 1 is 1.21 bits per heavy atom. The van der Waals surface area contributed by atoms with Gasteiger partial charge in [-0.05, 0) is 30.7 Å². The van der Waals surface area contributed by atoms with Crippen molar-refractivity contribution in [2.45, 2.75) is 18.9 Å². The van der Waals surface area contributed by atoms with Crippen LogP contribution in [0.5, 0.6) is 0 Å². The summed E-state index contributed by atoms with van der Waals surface area (Å²) < 4.78 is 28.0. The quantitative estimate of drug-likeness (QED) is 0.457. The lowest BCUT2D eigenvalue weighted by atomic mass is 10.2. The van der Waals surface area contributed by atoms with Crippen LogP contribution in [0.25, 0.3) is 11.0 Å². The number of rotatable bonds is 5. The topological polar surface area (TPSA) is 68.3 Å². The normalized spacial score (nSPS) is 17.1. The van der Waals surface area contributed by atoms with Crippen molar-refractivity contribution < 1.29 is 8.78 Å². The van der Waals surface area contributed by atoms with E-state index in [2.05, 4.69) is 25.6 Å². The molecule has 0 aliphatic carbocycles. The fourth-order valence-electron chi connectivity index (χ4n) is 3.68. The molecule has 1 aliphatic heterocycles. The predicted molar refractivity (Wildman–Crippen MR) is 111 cm³/mol. The Labute approximate surface area is 168 Å². The van der Waals surface area contributed by atoms with Crippen LogP contribution >= 0.6 is 0 Å². The minimum atomic E-state index is -0.529. The van der Waals surface area contributed by atoms with Crippen molar-refractivity contribution in [2.24, 2.45) is 4.99 Å². The first-order valence-corrected chi connectivity index (χ1v) is 9.74. The molecule has 1 aromatic heterocycles. The summed E-state index contributed by atoms with van der Waals surface area (Å²) in [5.74, 6) is 0.524. The maximum Gasteiger partial charge on any atom is 0.191 e. The second kappa shape index (κ2) is 8.46. The molecule has 152 valence electrons. The summed E-state index contributed by atoms with van der Waals surface area (Å²) >= 11 is 0. The molecule has 8 heteroatoms. The summed E-state index contributed by atoms with van der Waals surface area (Å²) in [6.07, 6.45) is 1.50. The molecular formula is C21H24F2N6. The van der Waals surface area contributed by atoms with Crippen LogP contribution in [0.2, 0.25) is 0 Å². The van der Waals surface area contributed by atoms with E-state index in [9.17, 15) is 8.78 Å². The molecule has 0 bridgehead atoms. The van der Waals surface area contributed by atoms with Crippen LogP contribution < -0.4 is 15.5 Å². The summed E-state index contributed by atoms with van der Waals surface area (Å²) in [4.78, 5) is 13.9. The molecule has 3 aromatic rings. The summed E-state index contributed by atoms with van der Waals surface area (Å²) in [5, 5.41) is 6.62. The van der Waals surface area contributed by atoms with Gasteiger partial charge in [0.25, 0.3) is 0 Å². The highest BCUT2D eigenvalue weighted by molar-refractivity contribution is 5.80. The van der Waals surface area contributed by atoms with E-state index < -0.39 is 11.6 Å². The van der Waals surface area contributed by atoms with E-state index in [-0.39, 0.29) is 11.7 Å². The van der Waals surface area contributed by atoms with Gasteiger partial charge in [-0.1, -0.05) is 18.2 Å². The number of nitrogens with zero attached hydrogens (tertiary/aromatic N) is 3. The molecule has 1 saturated heterocycles. The third-order valence-corrected chi connectivity index (χ3v) is 5.10. The van der Waals surface area contributed by atoms with Gasteiger partial charge in [-0.3, -0.25) is 4.99 Å². The number of aromatic amines is 1. The van der Waals surface area contributed by atoms with E-state index in [0.717, 1.165) is 29.7 Å². The van der Waals surface area contributed by atoms with E-state index in [1.54, 1.807) is 11.9 Å². The molecule has 1 unspecified atom stereocenters. The Kier molecular flexibility index (Phi) is 5.59. The molecule has 0 amide bonds. The fraction of sp³-hybridized carbons (Fsp3) is 0.333. The number of fused-ring (bicyclic) bond motifs is 1. The number of hydrogen-bond donors (Lipinski definition) is 3. The highest BCUT2D eigenvalue weighted by atomic mass is 19.1. The Hall–Kier alpha value is -3.16. The average Bonchev–Trinajstić information content (AvgIpc) is 3.33. The van der Waals surface area contributed by atoms with E-state index >= 15 is 0 Å². The summed E-state index contributed by atoms with van der Waals surface area (Å²) in [6, 6.07) is 12.0. The molecule has 29 heavy (non-hydrogen) atoms. The lowest BCUT2D eigenvalue weighted by molar-refractivity contribution is 0.576. The van der Waals surface area contributed by atoms with E-state index in [0.29, 0.717) is 25.6 Å². The van der Waals surface area contributed by atoms with Gasteiger partial charge in [0.15, 0.2) is 5.96 Å². The first-order chi connectivity index (χ1) is 14.1. The van der Waals surface area contributed by atoms with Crippen molar-refractivity contribution in [3.8, 4) is 0 Å². The second-order valence-electron chi connectivity index (χ2n) is 7.10. The molecule has 2 aromatic carbocycles. The van der Waals surface area contributed by atoms with Gasteiger partial charge in [0, 0.05) is 39.1 Å². The summed E-state index contributed by atoms with van der Waals surface area (Å²) in [7, 11) is 1.71. The molecule has 0 radical (unpaired) electrons. The van der Waals surface area contributed by atoms with Crippen molar-refractivity contribution in [1.82, 2.24) is 20.6 Å². The molecule has 2 heterocycles. The lowest BCUT2D eigenvalue weighted by Crippen LogP contribution is -2.45. The van der Waals surface area contributed by atoms with E-state index in [1.165, 1.54) is 18.2 Å². The number of nitrogens with one attached hydrogen (secondary N) is 3. The Morgan fingerprint density at radius 3 is 2.76 bits per heavy atom. The first-order valence-electron chi connectivity index (χ1n) is 9.74. The standard InChI is InChI=1S/C21H24F2N6/c1-24-21(25-11-9-19-27-17-7-2-3-8-18(17)28-19)26-14-10-12-29(13-14)20-15(22)5-4-6-16(20)23/h2-8,14H,9-13H2,1H3,(H,27,28)(H2,24,25,26). The number of halogens is 2. The van der Waals surface area contributed by atoms with Crippen LogP contribution in [0.1, 0.15) is 12.2 Å². The van der Waals surface area contributed by atoms with Crippen LogP contribution in [0.4, 0.5) is 14.5 Å². The maximum absolute atomic E-state index is 14.0. The minimum absolute atomic E-state index is 0.0460. The van der Waals surface area contributed by atoms with Crippen LogP contribution in [0.15, 0.2) is 47.5 Å². The highest BCUT2D eigenvalue weighted by Gasteiger charge is 2.27. The number of hydrogen-bond acceptors (Lipinski definition) is 3. The molecule has 0 saturated carbocycles. The van der Waals surface area contributed by atoms with Crippen LogP contribution in [0.3, 0.4) is 0 Å². The summed E-state index contributed by atoms with van der Waals surface area (Å²) in [6.45, 7) is 1.77. The zero-order chi connectivity index (χ0) is 20.2. The highest BCUT2D eigenvalue weighted by Crippen LogP contribution is 2.26. The third-order valence-electron chi connectivity index (χ3n) is 5.10. The lowest BCUT2D eigenvalue weighted by Gasteiger charge is -2.21. The Bertz CT molecular complexity index is 962. The van der Waals surface area contributed by atoms with Gasteiger partial charge in [0.05, 0.1) is 11.0 Å².